The zero-order chi connectivity index (χ0) is 11.1. The fourth-order valence-electron chi connectivity index (χ4n) is 1.59. The summed E-state index contributed by atoms with van der Waals surface area (Å²) in [7, 11) is 1.39. The molecule has 1 aliphatic rings. The van der Waals surface area contributed by atoms with E-state index in [-0.39, 0.29) is 17.1 Å². The van der Waals surface area contributed by atoms with Gasteiger partial charge in [-0.3, -0.25) is 0 Å². The smallest absolute Gasteiger partial charge is 0.178 e. The van der Waals surface area contributed by atoms with Gasteiger partial charge in [-0.1, -0.05) is 0 Å². The van der Waals surface area contributed by atoms with Gasteiger partial charge in [-0.15, -0.1) is 0 Å². The van der Waals surface area contributed by atoms with Gasteiger partial charge in [-0.25, -0.2) is 0 Å². The summed E-state index contributed by atoms with van der Waals surface area (Å²) in [6.45, 7) is 0. The minimum absolute atomic E-state index is 0.105. The molecule has 1 aromatic rings. The summed E-state index contributed by atoms with van der Waals surface area (Å²) in [5, 5.41) is 28.3. The summed E-state index contributed by atoms with van der Waals surface area (Å²) >= 11 is 0. The Morgan fingerprint density at radius 1 is 1.47 bits per heavy atom. The number of benzene rings is 1. The van der Waals surface area contributed by atoms with E-state index in [1.165, 1.54) is 13.2 Å². The minimum Gasteiger partial charge on any atom is -0.504 e. The van der Waals surface area contributed by atoms with Crippen molar-refractivity contribution in [1.82, 2.24) is 0 Å². The van der Waals surface area contributed by atoms with Crippen LogP contribution >= 0.6 is 0 Å². The summed E-state index contributed by atoms with van der Waals surface area (Å²) in [6, 6.07) is 4.94. The SMILES string of the molecule is COc1c(O)cc(C2(O)CC2)cc1C#N. The molecule has 1 saturated carbocycles. The van der Waals surface area contributed by atoms with E-state index in [0.717, 1.165) is 0 Å². The van der Waals surface area contributed by atoms with Crippen LogP contribution in [0.3, 0.4) is 0 Å². The maximum atomic E-state index is 9.85. The number of phenols is 1. The molecule has 0 aromatic heterocycles. The first-order valence-electron chi connectivity index (χ1n) is 4.65. The maximum absolute atomic E-state index is 9.85. The van der Waals surface area contributed by atoms with Crippen LogP contribution in [-0.4, -0.2) is 17.3 Å². The lowest BCUT2D eigenvalue weighted by Crippen LogP contribution is -2.05. The highest BCUT2D eigenvalue weighted by Crippen LogP contribution is 2.47. The van der Waals surface area contributed by atoms with Crippen molar-refractivity contribution >= 4 is 0 Å². The molecule has 1 aromatic carbocycles. The zero-order valence-corrected chi connectivity index (χ0v) is 8.32. The molecular weight excluding hydrogens is 194 g/mol. The van der Waals surface area contributed by atoms with Crippen LogP contribution in [0.25, 0.3) is 0 Å². The molecule has 0 aliphatic heterocycles. The molecule has 78 valence electrons. The van der Waals surface area contributed by atoms with Gasteiger partial charge in [0.15, 0.2) is 11.5 Å². The van der Waals surface area contributed by atoms with Crippen molar-refractivity contribution in [2.75, 3.05) is 7.11 Å². The highest BCUT2D eigenvalue weighted by atomic mass is 16.5. The summed E-state index contributed by atoms with van der Waals surface area (Å²) in [4.78, 5) is 0. The number of hydrogen-bond acceptors (Lipinski definition) is 4. The van der Waals surface area contributed by atoms with Gasteiger partial charge >= 0.3 is 0 Å². The molecule has 0 bridgehead atoms. The van der Waals surface area contributed by atoms with E-state index in [2.05, 4.69) is 0 Å². The lowest BCUT2D eigenvalue weighted by atomic mass is 10.0. The van der Waals surface area contributed by atoms with Crippen molar-refractivity contribution in [3.63, 3.8) is 0 Å². The minimum atomic E-state index is -0.852. The molecule has 4 nitrogen and oxygen atoms in total. The molecule has 0 spiro atoms. The van der Waals surface area contributed by atoms with Gasteiger partial charge in [-0.05, 0) is 30.5 Å². The van der Waals surface area contributed by atoms with Crippen LogP contribution in [0, 0.1) is 11.3 Å². The molecule has 0 amide bonds. The summed E-state index contributed by atoms with van der Waals surface area (Å²) in [5.74, 6) is 0.0531. The number of methoxy groups -OCH3 is 1. The number of ether oxygens (including phenoxy) is 1. The van der Waals surface area contributed by atoms with Crippen LogP contribution < -0.4 is 4.74 Å². The predicted molar refractivity (Wildman–Crippen MR) is 52.5 cm³/mol. The second-order valence-electron chi connectivity index (χ2n) is 3.72. The Kier molecular flexibility index (Phi) is 2.06. The van der Waals surface area contributed by atoms with Gasteiger partial charge in [0.25, 0.3) is 0 Å². The van der Waals surface area contributed by atoms with E-state index in [0.29, 0.717) is 18.4 Å². The maximum Gasteiger partial charge on any atom is 0.178 e. The van der Waals surface area contributed by atoms with E-state index in [1.54, 1.807) is 6.07 Å². The van der Waals surface area contributed by atoms with Crippen LogP contribution in [0.5, 0.6) is 11.5 Å². The van der Waals surface area contributed by atoms with Crippen molar-refractivity contribution < 1.29 is 14.9 Å². The average Bonchev–Trinajstić information content (AvgIpc) is 2.96. The van der Waals surface area contributed by atoms with Gasteiger partial charge in [0.2, 0.25) is 0 Å². The topological polar surface area (TPSA) is 73.5 Å². The van der Waals surface area contributed by atoms with Gasteiger partial charge in [0.05, 0.1) is 18.3 Å². The van der Waals surface area contributed by atoms with E-state index in [9.17, 15) is 10.2 Å². The largest absolute Gasteiger partial charge is 0.504 e. The Bertz CT molecular complexity index is 444. The fraction of sp³-hybridized carbons (Fsp3) is 0.364. The Balaban J connectivity index is 2.54. The first-order valence-corrected chi connectivity index (χ1v) is 4.65. The molecule has 0 heterocycles. The third-order valence-corrected chi connectivity index (χ3v) is 2.65. The van der Waals surface area contributed by atoms with Crippen molar-refractivity contribution in [3.8, 4) is 17.6 Å². The number of aliphatic hydroxyl groups is 1. The Hall–Kier alpha value is -1.73. The highest BCUT2D eigenvalue weighted by molar-refractivity contribution is 5.55. The molecule has 4 heteroatoms. The Morgan fingerprint density at radius 2 is 2.13 bits per heavy atom. The number of nitriles is 1. The number of rotatable bonds is 2. The van der Waals surface area contributed by atoms with Gasteiger partial charge in [0, 0.05) is 0 Å². The molecule has 15 heavy (non-hydrogen) atoms. The molecule has 0 atom stereocenters. The van der Waals surface area contributed by atoms with Crippen LogP contribution in [0.15, 0.2) is 12.1 Å². The van der Waals surface area contributed by atoms with Crippen molar-refractivity contribution in [1.29, 1.82) is 5.26 Å². The molecule has 1 aliphatic carbocycles. The van der Waals surface area contributed by atoms with Gasteiger partial charge < -0.3 is 14.9 Å². The quantitative estimate of drug-likeness (QED) is 0.762. The summed E-state index contributed by atoms with van der Waals surface area (Å²) in [5.41, 5.74) is -0.0276. The van der Waals surface area contributed by atoms with Crippen molar-refractivity contribution in [2.24, 2.45) is 0 Å². The average molecular weight is 205 g/mol. The summed E-state index contributed by atoms with van der Waals surface area (Å²) < 4.78 is 4.90. The van der Waals surface area contributed by atoms with E-state index in [4.69, 9.17) is 10.00 Å². The fourth-order valence-corrected chi connectivity index (χ4v) is 1.59. The van der Waals surface area contributed by atoms with E-state index < -0.39 is 5.60 Å². The first kappa shape index (κ1) is 9.81. The standard InChI is InChI=1S/C11H11NO3/c1-15-10-7(6-12)4-8(5-9(10)13)11(14)2-3-11/h4-5,13-14H,2-3H2,1H3. The molecule has 0 saturated heterocycles. The predicted octanol–water partition coefficient (Wildman–Crippen LogP) is 1.25. The third-order valence-electron chi connectivity index (χ3n) is 2.65. The molecule has 0 unspecified atom stereocenters. The number of nitrogens with zero attached hydrogens (tertiary/aromatic N) is 1. The molecular formula is C11H11NO3. The Morgan fingerprint density at radius 3 is 2.60 bits per heavy atom. The highest BCUT2D eigenvalue weighted by Gasteiger charge is 2.42. The Labute approximate surface area is 87.3 Å². The lowest BCUT2D eigenvalue weighted by molar-refractivity contribution is 0.151. The monoisotopic (exact) mass is 205 g/mol. The van der Waals surface area contributed by atoms with E-state index in [1.807, 2.05) is 6.07 Å². The van der Waals surface area contributed by atoms with Crippen LogP contribution in [0.2, 0.25) is 0 Å². The first-order chi connectivity index (χ1) is 7.10. The van der Waals surface area contributed by atoms with Crippen molar-refractivity contribution in [2.45, 2.75) is 18.4 Å². The lowest BCUT2D eigenvalue weighted by Gasteiger charge is -2.12. The second-order valence-corrected chi connectivity index (χ2v) is 3.72. The number of aromatic hydroxyl groups is 1. The molecule has 1 fully saturated rings. The van der Waals surface area contributed by atoms with Crippen LogP contribution in [-0.2, 0) is 5.60 Å². The number of hydrogen-bond donors (Lipinski definition) is 2. The van der Waals surface area contributed by atoms with E-state index >= 15 is 0 Å². The van der Waals surface area contributed by atoms with Crippen LogP contribution in [0.4, 0.5) is 0 Å². The van der Waals surface area contributed by atoms with Crippen LogP contribution in [0.1, 0.15) is 24.0 Å². The molecule has 2 N–H and O–H groups in total. The van der Waals surface area contributed by atoms with Crippen molar-refractivity contribution in [3.05, 3.63) is 23.3 Å². The number of phenolic OH excluding ortho intramolecular Hbond substituents is 1. The normalized spacial score (nSPS) is 16.9. The second kappa shape index (κ2) is 3.14. The third kappa shape index (κ3) is 1.51. The molecule has 0 radical (unpaired) electrons. The van der Waals surface area contributed by atoms with Gasteiger partial charge in [0.1, 0.15) is 6.07 Å². The molecule has 2 rings (SSSR count). The zero-order valence-electron chi connectivity index (χ0n) is 8.32. The summed E-state index contributed by atoms with van der Waals surface area (Å²) in [6.07, 6.45) is 1.34. The van der Waals surface area contributed by atoms with Gasteiger partial charge in [-0.2, -0.15) is 5.26 Å².